The molecule has 2 aromatic rings. The van der Waals surface area contributed by atoms with Crippen LogP contribution in [0.5, 0.6) is 5.75 Å². The van der Waals surface area contributed by atoms with Crippen molar-refractivity contribution >= 4 is 39.1 Å². The Morgan fingerprint density at radius 2 is 2.04 bits per heavy atom. The molecule has 2 rings (SSSR count). The maximum absolute atomic E-state index is 12.9. The van der Waals surface area contributed by atoms with Crippen molar-refractivity contribution in [3.63, 3.8) is 0 Å². The number of halogens is 5. The molecule has 0 atom stereocenters. The molecular weight excluding hydrogens is 400 g/mol. The van der Waals surface area contributed by atoms with Crippen molar-refractivity contribution in [3.05, 3.63) is 56.7 Å². The summed E-state index contributed by atoms with van der Waals surface area (Å²) >= 11 is 4.48. The van der Waals surface area contributed by atoms with Crippen LogP contribution < -0.4 is 4.74 Å². The van der Waals surface area contributed by atoms with E-state index in [-0.39, 0.29) is 5.78 Å². The van der Waals surface area contributed by atoms with Crippen LogP contribution in [0.3, 0.4) is 0 Å². The van der Waals surface area contributed by atoms with E-state index in [4.69, 9.17) is 0 Å². The van der Waals surface area contributed by atoms with Crippen molar-refractivity contribution in [1.29, 1.82) is 0 Å². The third kappa shape index (κ3) is 4.90. The summed E-state index contributed by atoms with van der Waals surface area (Å²) < 4.78 is 54.7. The normalized spacial score (nSPS) is 12.1. The van der Waals surface area contributed by atoms with Gasteiger partial charge in [0.05, 0.1) is 4.88 Å². The van der Waals surface area contributed by atoms with Gasteiger partial charge >= 0.3 is 12.5 Å². The number of alkyl halides is 4. The summed E-state index contributed by atoms with van der Waals surface area (Å²) in [5.74, 6) is -0.673. The largest absolute Gasteiger partial charge is 0.461 e. The maximum atomic E-state index is 12.9. The first-order chi connectivity index (χ1) is 10.8. The molecule has 8 heteroatoms. The van der Waals surface area contributed by atoms with E-state index in [1.54, 1.807) is 11.4 Å². The highest BCUT2D eigenvalue weighted by Crippen LogP contribution is 2.28. The van der Waals surface area contributed by atoms with Gasteiger partial charge in [-0.25, -0.2) is 0 Å². The number of carbonyl (C=O) groups excluding carboxylic acids is 1. The van der Waals surface area contributed by atoms with Crippen LogP contribution in [0.1, 0.15) is 15.2 Å². The molecule has 0 aliphatic rings. The van der Waals surface area contributed by atoms with Crippen LogP contribution >= 0.6 is 27.3 Å². The summed E-state index contributed by atoms with van der Waals surface area (Å²) in [6.45, 7) is 0. The van der Waals surface area contributed by atoms with E-state index in [9.17, 15) is 22.4 Å². The molecular formula is C15H9BrF4O2S. The molecule has 0 fully saturated rings. The second-order valence-electron chi connectivity index (χ2n) is 4.36. The number of ether oxygens (including phenoxy) is 1. The molecule has 0 aliphatic carbocycles. The predicted molar refractivity (Wildman–Crippen MR) is 83.4 cm³/mol. The van der Waals surface area contributed by atoms with Gasteiger partial charge in [-0.1, -0.05) is 18.2 Å². The van der Waals surface area contributed by atoms with Crippen LogP contribution in [0, 0.1) is 0 Å². The zero-order valence-electron chi connectivity index (χ0n) is 11.3. The Bertz CT molecular complexity index is 728. The summed E-state index contributed by atoms with van der Waals surface area (Å²) in [4.78, 5) is 12.4. The molecule has 122 valence electrons. The van der Waals surface area contributed by atoms with Crippen molar-refractivity contribution < 1.29 is 27.1 Å². The minimum Gasteiger partial charge on any atom is -0.428 e. The molecule has 0 unspecified atom stereocenters. The predicted octanol–water partition coefficient (Wildman–Crippen LogP) is 5.64. The second kappa shape index (κ2) is 7.27. The summed E-state index contributed by atoms with van der Waals surface area (Å²) in [7, 11) is 0. The van der Waals surface area contributed by atoms with Crippen molar-refractivity contribution in [2.75, 3.05) is 0 Å². The summed E-state index contributed by atoms with van der Waals surface area (Å²) in [6, 6.07) is 6.82. The highest BCUT2D eigenvalue weighted by atomic mass is 79.9. The Balaban J connectivity index is 2.11. The highest BCUT2D eigenvalue weighted by molar-refractivity contribution is 9.10. The summed E-state index contributed by atoms with van der Waals surface area (Å²) in [5, 5.41) is 1.75. The second-order valence-corrected chi connectivity index (χ2v) is 6.19. The standard InChI is InChI=1S/C15H9BrF4O2S/c16-10-7-13(23-8-10)12(21)5-4-9-2-1-3-11(6-9)22-15(19,20)14(17)18/h1-8,14H/b5-4+. The topological polar surface area (TPSA) is 26.3 Å². The molecule has 0 spiro atoms. The average molecular weight is 409 g/mol. The van der Waals surface area contributed by atoms with Gasteiger partial charge < -0.3 is 4.74 Å². The molecule has 2 nitrogen and oxygen atoms in total. The van der Waals surface area contributed by atoms with Gasteiger partial charge in [0.1, 0.15) is 5.75 Å². The Kier molecular flexibility index (Phi) is 5.59. The zero-order chi connectivity index (χ0) is 17.0. The molecule has 1 heterocycles. The van der Waals surface area contributed by atoms with Gasteiger partial charge in [-0.15, -0.1) is 11.3 Å². The number of ketones is 1. The Morgan fingerprint density at radius 1 is 1.30 bits per heavy atom. The van der Waals surface area contributed by atoms with Gasteiger partial charge in [0.25, 0.3) is 0 Å². The number of rotatable bonds is 6. The van der Waals surface area contributed by atoms with Crippen LogP contribution in [-0.4, -0.2) is 18.3 Å². The van der Waals surface area contributed by atoms with E-state index >= 15 is 0 Å². The highest BCUT2D eigenvalue weighted by Gasteiger charge is 2.43. The van der Waals surface area contributed by atoms with Crippen LogP contribution in [-0.2, 0) is 0 Å². The summed E-state index contributed by atoms with van der Waals surface area (Å²) in [5.41, 5.74) is 0.372. The first kappa shape index (κ1) is 17.7. The van der Waals surface area contributed by atoms with Crippen molar-refractivity contribution in [2.45, 2.75) is 12.5 Å². The SMILES string of the molecule is O=C(/C=C/c1cccc(OC(F)(F)C(F)F)c1)c1cc(Br)cs1. The average Bonchev–Trinajstić information content (AvgIpc) is 2.91. The molecule has 0 saturated heterocycles. The first-order valence-electron chi connectivity index (χ1n) is 6.19. The zero-order valence-corrected chi connectivity index (χ0v) is 13.7. The van der Waals surface area contributed by atoms with Crippen molar-refractivity contribution in [3.8, 4) is 5.75 Å². The molecule has 1 aromatic carbocycles. The number of thiophene rings is 1. The number of hydrogen-bond donors (Lipinski definition) is 0. The Morgan fingerprint density at radius 3 is 2.65 bits per heavy atom. The van der Waals surface area contributed by atoms with Crippen LogP contribution in [0.2, 0.25) is 0 Å². The van der Waals surface area contributed by atoms with Gasteiger partial charge in [-0.2, -0.15) is 17.6 Å². The number of hydrogen-bond acceptors (Lipinski definition) is 3. The lowest BCUT2D eigenvalue weighted by Gasteiger charge is -2.16. The smallest absolute Gasteiger partial charge is 0.428 e. The Labute approximate surface area is 141 Å². The van der Waals surface area contributed by atoms with Gasteiger partial charge in [-0.05, 0) is 45.8 Å². The van der Waals surface area contributed by atoms with E-state index in [0.29, 0.717) is 10.4 Å². The summed E-state index contributed by atoms with van der Waals surface area (Å²) in [6.07, 6.45) is -5.84. The van der Waals surface area contributed by atoms with Gasteiger partial charge in [-0.3, -0.25) is 4.79 Å². The van der Waals surface area contributed by atoms with E-state index in [2.05, 4.69) is 20.7 Å². The lowest BCUT2D eigenvalue weighted by Crippen LogP contribution is -2.33. The molecule has 0 amide bonds. The van der Waals surface area contributed by atoms with E-state index in [1.165, 1.54) is 35.6 Å². The van der Waals surface area contributed by atoms with E-state index in [1.807, 2.05) is 0 Å². The maximum Gasteiger partial charge on any atom is 0.461 e. The third-order valence-corrected chi connectivity index (χ3v) is 4.31. The molecule has 0 saturated carbocycles. The lowest BCUT2D eigenvalue weighted by atomic mass is 10.2. The van der Waals surface area contributed by atoms with Gasteiger partial charge in [0.15, 0.2) is 5.78 Å². The molecule has 0 radical (unpaired) electrons. The fraction of sp³-hybridized carbons (Fsp3) is 0.133. The molecule has 23 heavy (non-hydrogen) atoms. The first-order valence-corrected chi connectivity index (χ1v) is 7.86. The molecule has 0 N–H and O–H groups in total. The number of benzene rings is 1. The van der Waals surface area contributed by atoms with Crippen molar-refractivity contribution in [2.24, 2.45) is 0 Å². The molecule has 0 bridgehead atoms. The lowest BCUT2D eigenvalue weighted by molar-refractivity contribution is -0.253. The van der Waals surface area contributed by atoms with Crippen LogP contribution in [0.15, 0.2) is 46.3 Å². The van der Waals surface area contributed by atoms with Crippen LogP contribution in [0.25, 0.3) is 6.08 Å². The van der Waals surface area contributed by atoms with Crippen molar-refractivity contribution in [1.82, 2.24) is 0 Å². The number of allylic oxidation sites excluding steroid dienone is 1. The minimum absolute atomic E-state index is 0.259. The fourth-order valence-electron chi connectivity index (χ4n) is 1.58. The fourth-order valence-corrected chi connectivity index (χ4v) is 2.93. The molecule has 1 aromatic heterocycles. The van der Waals surface area contributed by atoms with Gasteiger partial charge in [0, 0.05) is 9.85 Å². The number of carbonyl (C=O) groups is 1. The van der Waals surface area contributed by atoms with E-state index < -0.39 is 18.3 Å². The van der Waals surface area contributed by atoms with Gasteiger partial charge in [0.2, 0.25) is 0 Å². The third-order valence-electron chi connectivity index (χ3n) is 2.60. The molecule has 0 aliphatic heterocycles. The van der Waals surface area contributed by atoms with Crippen LogP contribution in [0.4, 0.5) is 17.6 Å². The van der Waals surface area contributed by atoms with E-state index in [0.717, 1.165) is 16.6 Å². The Hall–Kier alpha value is -1.67. The minimum atomic E-state index is -4.57. The quantitative estimate of drug-likeness (QED) is 0.351. The monoisotopic (exact) mass is 408 g/mol.